The summed E-state index contributed by atoms with van der Waals surface area (Å²) < 4.78 is 5.65. The van der Waals surface area contributed by atoms with E-state index in [1.54, 1.807) is 0 Å². The highest BCUT2D eigenvalue weighted by molar-refractivity contribution is 5.56. The van der Waals surface area contributed by atoms with E-state index in [9.17, 15) is 0 Å². The first kappa shape index (κ1) is 14.9. The number of anilines is 1. The van der Waals surface area contributed by atoms with Gasteiger partial charge in [0.2, 0.25) is 0 Å². The van der Waals surface area contributed by atoms with Crippen molar-refractivity contribution in [1.82, 2.24) is 0 Å². The molecule has 0 radical (unpaired) electrons. The van der Waals surface area contributed by atoms with E-state index in [2.05, 4.69) is 38.2 Å². The summed E-state index contributed by atoms with van der Waals surface area (Å²) in [6.45, 7) is 9.54. The Morgan fingerprint density at radius 2 is 1.83 bits per heavy atom. The van der Waals surface area contributed by atoms with Gasteiger partial charge >= 0.3 is 0 Å². The van der Waals surface area contributed by atoms with Crippen LogP contribution in [-0.2, 0) is 0 Å². The zero-order chi connectivity index (χ0) is 13.4. The molecule has 2 nitrogen and oxygen atoms in total. The van der Waals surface area contributed by atoms with Crippen LogP contribution in [0.3, 0.4) is 0 Å². The molecule has 0 saturated heterocycles. The summed E-state index contributed by atoms with van der Waals surface area (Å²) in [4.78, 5) is 0. The Balaban J connectivity index is 2.68. The standard InChI is InChI=1S/C16H27NO/c1-5-13(4)12-14(6-2)17-15-10-8-9-11-16(15)18-7-3/h8-11,13-14,17H,5-7,12H2,1-4H3. The molecule has 0 heterocycles. The molecule has 0 fully saturated rings. The summed E-state index contributed by atoms with van der Waals surface area (Å²) in [5.41, 5.74) is 1.12. The predicted octanol–water partition coefficient (Wildman–Crippen LogP) is 4.71. The summed E-state index contributed by atoms with van der Waals surface area (Å²) in [6.07, 6.45) is 3.60. The number of benzene rings is 1. The van der Waals surface area contributed by atoms with Crippen molar-refractivity contribution in [2.45, 2.75) is 53.0 Å². The number of ether oxygens (including phenoxy) is 1. The molecule has 0 bridgehead atoms. The lowest BCUT2D eigenvalue weighted by molar-refractivity contribution is 0.341. The molecule has 0 aliphatic rings. The maximum atomic E-state index is 5.65. The van der Waals surface area contributed by atoms with Gasteiger partial charge in [0.1, 0.15) is 5.75 Å². The largest absolute Gasteiger partial charge is 0.492 e. The molecule has 0 aliphatic carbocycles. The summed E-state index contributed by atoms with van der Waals surface area (Å²) in [7, 11) is 0. The quantitative estimate of drug-likeness (QED) is 0.720. The Bertz CT molecular complexity index is 338. The van der Waals surface area contributed by atoms with Crippen LogP contribution in [0.4, 0.5) is 5.69 Å². The first-order valence-corrected chi connectivity index (χ1v) is 7.19. The zero-order valence-corrected chi connectivity index (χ0v) is 12.2. The third kappa shape index (κ3) is 4.59. The molecule has 1 aromatic rings. The van der Waals surface area contributed by atoms with Crippen molar-refractivity contribution in [3.8, 4) is 5.75 Å². The normalized spacial score (nSPS) is 14.0. The minimum absolute atomic E-state index is 0.529. The topological polar surface area (TPSA) is 21.3 Å². The molecule has 0 saturated carbocycles. The van der Waals surface area contributed by atoms with Crippen molar-refractivity contribution in [1.29, 1.82) is 0 Å². The van der Waals surface area contributed by atoms with Crippen LogP contribution in [-0.4, -0.2) is 12.6 Å². The smallest absolute Gasteiger partial charge is 0.142 e. The molecule has 2 unspecified atom stereocenters. The van der Waals surface area contributed by atoms with Crippen LogP contribution < -0.4 is 10.1 Å². The second-order valence-electron chi connectivity index (χ2n) is 4.93. The summed E-state index contributed by atoms with van der Waals surface area (Å²) in [5.74, 6) is 1.73. The van der Waals surface area contributed by atoms with Crippen molar-refractivity contribution in [2.75, 3.05) is 11.9 Å². The second-order valence-corrected chi connectivity index (χ2v) is 4.93. The van der Waals surface area contributed by atoms with E-state index in [4.69, 9.17) is 4.74 Å². The van der Waals surface area contributed by atoms with E-state index in [1.165, 1.54) is 12.8 Å². The number of hydrogen-bond donors (Lipinski definition) is 1. The SMILES string of the molecule is CCOc1ccccc1NC(CC)CC(C)CC. The fraction of sp³-hybridized carbons (Fsp3) is 0.625. The van der Waals surface area contributed by atoms with Gasteiger partial charge in [-0.3, -0.25) is 0 Å². The van der Waals surface area contributed by atoms with Crippen molar-refractivity contribution in [2.24, 2.45) is 5.92 Å². The molecule has 0 amide bonds. The Hall–Kier alpha value is -1.18. The number of rotatable bonds is 8. The van der Waals surface area contributed by atoms with Crippen molar-refractivity contribution >= 4 is 5.69 Å². The van der Waals surface area contributed by atoms with E-state index in [-0.39, 0.29) is 0 Å². The molecule has 0 spiro atoms. The fourth-order valence-corrected chi connectivity index (χ4v) is 2.07. The molecule has 102 valence electrons. The highest BCUT2D eigenvalue weighted by atomic mass is 16.5. The van der Waals surface area contributed by atoms with E-state index in [0.29, 0.717) is 12.6 Å². The number of para-hydroxylation sites is 2. The highest BCUT2D eigenvalue weighted by Crippen LogP contribution is 2.26. The minimum Gasteiger partial charge on any atom is -0.492 e. The van der Waals surface area contributed by atoms with Crippen LogP contribution in [0.25, 0.3) is 0 Å². The summed E-state index contributed by atoms with van der Waals surface area (Å²) in [6, 6.07) is 8.74. The van der Waals surface area contributed by atoms with Gasteiger partial charge in [0.15, 0.2) is 0 Å². The van der Waals surface area contributed by atoms with Gasteiger partial charge in [-0.25, -0.2) is 0 Å². The minimum atomic E-state index is 0.529. The molecular weight excluding hydrogens is 222 g/mol. The second kappa shape index (κ2) is 8.02. The maximum Gasteiger partial charge on any atom is 0.142 e. The third-order valence-electron chi connectivity index (χ3n) is 3.42. The molecule has 0 aliphatic heterocycles. The molecule has 0 aromatic heterocycles. The Morgan fingerprint density at radius 3 is 2.44 bits per heavy atom. The van der Waals surface area contributed by atoms with Gasteiger partial charge in [0.25, 0.3) is 0 Å². The van der Waals surface area contributed by atoms with Crippen molar-refractivity contribution in [3.05, 3.63) is 24.3 Å². The van der Waals surface area contributed by atoms with Crippen LogP contribution in [0, 0.1) is 5.92 Å². The van der Waals surface area contributed by atoms with Gasteiger partial charge in [-0.15, -0.1) is 0 Å². The van der Waals surface area contributed by atoms with Gasteiger partial charge < -0.3 is 10.1 Å². The lowest BCUT2D eigenvalue weighted by Gasteiger charge is -2.22. The van der Waals surface area contributed by atoms with E-state index in [0.717, 1.165) is 23.8 Å². The highest BCUT2D eigenvalue weighted by Gasteiger charge is 2.12. The van der Waals surface area contributed by atoms with Crippen molar-refractivity contribution < 1.29 is 4.74 Å². The average Bonchev–Trinajstić information content (AvgIpc) is 2.40. The Labute approximate surface area is 112 Å². The lowest BCUT2D eigenvalue weighted by atomic mass is 9.97. The van der Waals surface area contributed by atoms with Gasteiger partial charge in [-0.1, -0.05) is 39.3 Å². The molecule has 1 rings (SSSR count). The molecule has 1 N–H and O–H groups in total. The first-order chi connectivity index (χ1) is 8.71. The predicted molar refractivity (Wildman–Crippen MR) is 79.4 cm³/mol. The van der Waals surface area contributed by atoms with Crippen LogP contribution >= 0.6 is 0 Å². The summed E-state index contributed by atoms with van der Waals surface area (Å²) in [5, 5.41) is 3.62. The van der Waals surface area contributed by atoms with Gasteiger partial charge in [-0.2, -0.15) is 0 Å². The Kier molecular flexibility index (Phi) is 6.63. The Morgan fingerprint density at radius 1 is 1.11 bits per heavy atom. The first-order valence-electron chi connectivity index (χ1n) is 7.19. The van der Waals surface area contributed by atoms with Crippen molar-refractivity contribution in [3.63, 3.8) is 0 Å². The average molecular weight is 249 g/mol. The molecule has 1 aromatic carbocycles. The van der Waals surface area contributed by atoms with Crippen LogP contribution in [0.15, 0.2) is 24.3 Å². The lowest BCUT2D eigenvalue weighted by Crippen LogP contribution is -2.21. The maximum absolute atomic E-state index is 5.65. The zero-order valence-electron chi connectivity index (χ0n) is 12.2. The monoisotopic (exact) mass is 249 g/mol. The number of hydrogen-bond acceptors (Lipinski definition) is 2. The molecule has 2 atom stereocenters. The summed E-state index contributed by atoms with van der Waals surface area (Å²) >= 11 is 0. The fourth-order valence-electron chi connectivity index (χ4n) is 2.07. The van der Waals surface area contributed by atoms with Gasteiger partial charge in [0, 0.05) is 6.04 Å². The van der Waals surface area contributed by atoms with E-state index >= 15 is 0 Å². The van der Waals surface area contributed by atoms with Crippen LogP contribution in [0.2, 0.25) is 0 Å². The number of nitrogens with one attached hydrogen (secondary N) is 1. The van der Waals surface area contributed by atoms with Gasteiger partial charge in [0.05, 0.1) is 12.3 Å². The molecule has 2 heteroatoms. The molecular formula is C16H27NO. The van der Waals surface area contributed by atoms with E-state index in [1.807, 2.05) is 19.1 Å². The molecule has 18 heavy (non-hydrogen) atoms. The van der Waals surface area contributed by atoms with Crippen LogP contribution in [0.1, 0.15) is 47.0 Å². The van der Waals surface area contributed by atoms with E-state index < -0.39 is 0 Å². The van der Waals surface area contributed by atoms with Gasteiger partial charge in [-0.05, 0) is 37.8 Å². The van der Waals surface area contributed by atoms with Crippen LogP contribution in [0.5, 0.6) is 5.75 Å². The third-order valence-corrected chi connectivity index (χ3v) is 3.42.